The van der Waals surface area contributed by atoms with Crippen LogP contribution in [0, 0.1) is 11.8 Å². The van der Waals surface area contributed by atoms with Crippen LogP contribution in [0.4, 0.5) is 4.79 Å². The quantitative estimate of drug-likeness (QED) is 0.854. The van der Waals surface area contributed by atoms with Crippen LogP contribution in [0.5, 0.6) is 0 Å². The Kier molecular flexibility index (Phi) is 4.13. The highest BCUT2D eigenvalue weighted by Gasteiger charge is 2.57. The molecule has 6 heteroatoms. The maximum Gasteiger partial charge on any atom is 0.410 e. The van der Waals surface area contributed by atoms with Gasteiger partial charge in [-0.05, 0) is 56.0 Å². The number of thioether (sulfide) groups is 1. The summed E-state index contributed by atoms with van der Waals surface area (Å²) in [5.74, 6) is 1.20. The summed E-state index contributed by atoms with van der Waals surface area (Å²) < 4.78 is 6.97. The van der Waals surface area contributed by atoms with E-state index < -0.39 is 5.60 Å². The number of amides is 1. The zero-order chi connectivity index (χ0) is 17.1. The number of thiophene rings is 1. The van der Waals surface area contributed by atoms with Gasteiger partial charge < -0.3 is 15.0 Å². The highest BCUT2D eigenvalue weighted by molar-refractivity contribution is 8.01. The standard InChI is InChI=1S/C18H26N2O2S2/c1-10-7-14(11-5-6-23-16(11)24-10)19-15-12-8-20(9-13(12)15)17(21)22-18(2,3)4/h5-6,10,12-15,19H,7-9H2,1-4H3/t10-,12?,13?,14?,15?/m0/s1. The molecule has 3 heterocycles. The van der Waals surface area contributed by atoms with Crippen molar-refractivity contribution in [3.05, 3.63) is 17.0 Å². The normalized spacial score (nSPS) is 34.7. The summed E-state index contributed by atoms with van der Waals surface area (Å²) in [6.07, 6.45) is 1.04. The van der Waals surface area contributed by atoms with Gasteiger partial charge in [-0.3, -0.25) is 0 Å². The van der Waals surface area contributed by atoms with E-state index in [2.05, 4.69) is 23.7 Å². The van der Waals surface area contributed by atoms with Gasteiger partial charge in [-0.2, -0.15) is 0 Å². The molecule has 1 amide bonds. The summed E-state index contributed by atoms with van der Waals surface area (Å²) >= 11 is 3.87. The van der Waals surface area contributed by atoms with Gasteiger partial charge in [0.1, 0.15) is 5.60 Å². The van der Waals surface area contributed by atoms with Gasteiger partial charge in [0.2, 0.25) is 0 Å². The first-order chi connectivity index (χ1) is 11.3. The van der Waals surface area contributed by atoms with E-state index in [1.807, 2.05) is 48.8 Å². The first-order valence-corrected chi connectivity index (χ1v) is 10.6. The van der Waals surface area contributed by atoms with E-state index in [1.165, 1.54) is 16.2 Å². The lowest BCUT2D eigenvalue weighted by Gasteiger charge is -2.30. The van der Waals surface area contributed by atoms with E-state index in [-0.39, 0.29) is 6.09 Å². The number of hydrogen-bond acceptors (Lipinski definition) is 5. The Balaban J connectivity index is 1.33. The molecule has 1 aromatic rings. The second-order valence-corrected chi connectivity index (χ2v) is 10.9. The number of ether oxygens (including phenoxy) is 1. The minimum atomic E-state index is -0.410. The van der Waals surface area contributed by atoms with Gasteiger partial charge in [-0.25, -0.2) is 4.79 Å². The largest absolute Gasteiger partial charge is 0.444 e. The third-order valence-electron chi connectivity index (χ3n) is 5.15. The molecular formula is C18H26N2O2S2. The maximum absolute atomic E-state index is 12.2. The lowest BCUT2D eigenvalue weighted by molar-refractivity contribution is 0.0268. The van der Waals surface area contributed by atoms with Crippen LogP contribution < -0.4 is 5.32 Å². The molecule has 1 saturated heterocycles. The zero-order valence-corrected chi connectivity index (χ0v) is 16.4. The molecule has 2 fully saturated rings. The highest BCUT2D eigenvalue weighted by Crippen LogP contribution is 2.50. The molecule has 0 aromatic carbocycles. The van der Waals surface area contributed by atoms with Gasteiger partial charge in [-0.1, -0.05) is 6.92 Å². The molecule has 1 saturated carbocycles. The monoisotopic (exact) mass is 366 g/mol. The first-order valence-electron chi connectivity index (χ1n) is 8.80. The van der Waals surface area contributed by atoms with Crippen molar-refractivity contribution in [2.75, 3.05) is 13.1 Å². The van der Waals surface area contributed by atoms with Crippen molar-refractivity contribution in [1.29, 1.82) is 0 Å². The summed E-state index contributed by atoms with van der Waals surface area (Å²) in [4.78, 5) is 14.1. The van der Waals surface area contributed by atoms with E-state index in [9.17, 15) is 4.79 Å². The Hall–Kier alpha value is -0.720. The first kappa shape index (κ1) is 16.7. The van der Waals surface area contributed by atoms with Crippen molar-refractivity contribution >= 4 is 29.2 Å². The van der Waals surface area contributed by atoms with E-state index in [0.29, 0.717) is 29.2 Å². The van der Waals surface area contributed by atoms with E-state index >= 15 is 0 Å². The molecule has 4 rings (SSSR count). The number of rotatable bonds is 2. The fourth-order valence-electron chi connectivity index (χ4n) is 3.99. The van der Waals surface area contributed by atoms with Gasteiger partial charge in [0.15, 0.2) is 0 Å². The topological polar surface area (TPSA) is 41.6 Å². The number of hydrogen-bond donors (Lipinski definition) is 1. The fraction of sp³-hybridized carbons (Fsp3) is 0.722. The minimum absolute atomic E-state index is 0.156. The Labute approximate surface area is 152 Å². The van der Waals surface area contributed by atoms with Gasteiger partial charge in [0.05, 0.1) is 4.21 Å². The van der Waals surface area contributed by atoms with Crippen LogP contribution >= 0.6 is 23.1 Å². The lowest BCUT2D eigenvalue weighted by Crippen LogP contribution is -2.40. The zero-order valence-electron chi connectivity index (χ0n) is 14.7. The molecule has 0 bridgehead atoms. The molecule has 3 aliphatic rings. The SMILES string of the molecule is C[C@H]1CC(NC2C3CN(C(=O)OC(C)(C)C)CC32)c2ccsc2S1. The van der Waals surface area contributed by atoms with Crippen molar-refractivity contribution in [2.45, 2.75) is 61.3 Å². The molecule has 1 N–H and O–H groups in total. The van der Waals surface area contributed by atoms with Crippen LogP contribution in [0.15, 0.2) is 15.7 Å². The molecule has 4 nitrogen and oxygen atoms in total. The van der Waals surface area contributed by atoms with Crippen LogP contribution in [0.3, 0.4) is 0 Å². The summed E-state index contributed by atoms with van der Waals surface area (Å²) in [6.45, 7) is 9.77. The molecule has 0 radical (unpaired) electrons. The molecule has 4 atom stereocenters. The van der Waals surface area contributed by atoms with Crippen LogP contribution in [-0.2, 0) is 4.74 Å². The second-order valence-electron chi connectivity index (χ2n) is 8.29. The summed E-state index contributed by atoms with van der Waals surface area (Å²) in [6, 6.07) is 3.33. The number of fused-ring (bicyclic) bond motifs is 2. The molecule has 2 aliphatic heterocycles. The number of carbonyl (C=O) groups is 1. The Morgan fingerprint density at radius 2 is 2.04 bits per heavy atom. The van der Waals surface area contributed by atoms with E-state index in [0.717, 1.165) is 13.1 Å². The molecule has 1 aliphatic carbocycles. The van der Waals surface area contributed by atoms with Crippen molar-refractivity contribution in [3.8, 4) is 0 Å². The number of likely N-dealkylation sites (tertiary alicyclic amines) is 1. The summed E-state index contributed by atoms with van der Waals surface area (Å²) in [7, 11) is 0. The van der Waals surface area contributed by atoms with Crippen LogP contribution in [-0.4, -0.2) is 41.0 Å². The van der Waals surface area contributed by atoms with Gasteiger partial charge in [0, 0.05) is 30.4 Å². The summed E-state index contributed by atoms with van der Waals surface area (Å²) in [5.41, 5.74) is 1.07. The Bertz CT molecular complexity index is 627. The third-order valence-corrected chi connectivity index (χ3v) is 7.49. The molecule has 132 valence electrons. The van der Waals surface area contributed by atoms with Gasteiger partial charge in [-0.15, -0.1) is 23.1 Å². The van der Waals surface area contributed by atoms with Gasteiger partial charge >= 0.3 is 6.09 Å². The second kappa shape index (κ2) is 5.92. The Morgan fingerprint density at radius 1 is 1.33 bits per heavy atom. The molecule has 3 unspecified atom stereocenters. The van der Waals surface area contributed by atoms with E-state index in [1.54, 1.807) is 0 Å². The minimum Gasteiger partial charge on any atom is -0.444 e. The van der Waals surface area contributed by atoms with Crippen molar-refractivity contribution in [3.63, 3.8) is 0 Å². The number of carbonyl (C=O) groups excluding carboxylic acids is 1. The van der Waals surface area contributed by atoms with Crippen LogP contribution in [0.25, 0.3) is 0 Å². The van der Waals surface area contributed by atoms with E-state index in [4.69, 9.17) is 4.74 Å². The lowest BCUT2D eigenvalue weighted by atomic mass is 10.0. The van der Waals surface area contributed by atoms with Crippen molar-refractivity contribution < 1.29 is 9.53 Å². The predicted molar refractivity (Wildman–Crippen MR) is 98.7 cm³/mol. The third kappa shape index (κ3) is 3.20. The molecule has 24 heavy (non-hydrogen) atoms. The molecule has 0 spiro atoms. The Morgan fingerprint density at radius 3 is 2.71 bits per heavy atom. The van der Waals surface area contributed by atoms with Crippen LogP contribution in [0.1, 0.15) is 45.7 Å². The number of nitrogens with one attached hydrogen (secondary N) is 1. The maximum atomic E-state index is 12.2. The molecular weight excluding hydrogens is 340 g/mol. The highest BCUT2D eigenvalue weighted by atomic mass is 32.2. The predicted octanol–water partition coefficient (Wildman–Crippen LogP) is 4.13. The van der Waals surface area contributed by atoms with Crippen molar-refractivity contribution in [2.24, 2.45) is 11.8 Å². The van der Waals surface area contributed by atoms with Gasteiger partial charge in [0.25, 0.3) is 0 Å². The average molecular weight is 367 g/mol. The number of piperidine rings is 1. The smallest absolute Gasteiger partial charge is 0.410 e. The fourth-order valence-corrected chi connectivity index (χ4v) is 6.56. The average Bonchev–Trinajstić information content (AvgIpc) is 2.88. The van der Waals surface area contributed by atoms with Crippen molar-refractivity contribution in [1.82, 2.24) is 10.2 Å². The number of nitrogens with zero attached hydrogens (tertiary/aromatic N) is 1. The molecule has 1 aromatic heterocycles. The summed E-state index contributed by atoms with van der Waals surface area (Å²) in [5, 5.41) is 6.77. The van der Waals surface area contributed by atoms with Crippen LogP contribution in [0.2, 0.25) is 0 Å².